The van der Waals surface area contributed by atoms with E-state index in [4.69, 9.17) is 0 Å². The number of rotatable bonds is 39. The Kier molecular flexibility index (Phi) is 40.0. The third-order valence-corrected chi connectivity index (χ3v) is 10.4. The van der Waals surface area contributed by atoms with Gasteiger partial charge in [0.25, 0.3) is 0 Å². The van der Waals surface area contributed by atoms with E-state index >= 15 is 0 Å². The summed E-state index contributed by atoms with van der Waals surface area (Å²) in [6.07, 6.45) is 57.8. The van der Waals surface area contributed by atoms with Gasteiger partial charge >= 0.3 is 0 Å². The van der Waals surface area contributed by atoms with E-state index in [-0.39, 0.29) is 0 Å². The maximum Gasteiger partial charge on any atom is -0.0414 e. The maximum atomic E-state index is 2.38. The highest BCUT2D eigenvalue weighted by molar-refractivity contribution is 4.62. The van der Waals surface area contributed by atoms with Gasteiger partial charge < -0.3 is 0 Å². The molecule has 0 heteroatoms. The van der Waals surface area contributed by atoms with Crippen LogP contribution < -0.4 is 0 Å². The fourth-order valence-electron chi connectivity index (χ4n) is 7.24. The molecular weight excluding hydrogens is 516 g/mol. The molecule has 0 spiro atoms. The van der Waals surface area contributed by atoms with Crippen molar-refractivity contribution in [2.45, 2.75) is 271 Å². The van der Waals surface area contributed by atoms with Crippen molar-refractivity contribution in [3.05, 3.63) is 0 Å². The lowest BCUT2D eigenvalue weighted by atomic mass is 9.90. The Hall–Kier alpha value is 0. The van der Waals surface area contributed by atoms with Crippen LogP contribution in [0.15, 0.2) is 0 Å². The Morgan fingerprint density at radius 1 is 0.186 bits per heavy atom. The van der Waals surface area contributed by atoms with E-state index in [1.807, 2.05) is 0 Å². The monoisotopic (exact) mass is 605 g/mol. The quantitative estimate of drug-likeness (QED) is 0.0612. The van der Waals surface area contributed by atoms with E-state index in [2.05, 4.69) is 20.8 Å². The third-order valence-electron chi connectivity index (χ3n) is 10.4. The summed E-state index contributed by atoms with van der Waals surface area (Å²) in [5, 5.41) is 0. The second-order valence-electron chi connectivity index (χ2n) is 14.9. The first-order valence-corrected chi connectivity index (χ1v) is 21.3. The summed E-state index contributed by atoms with van der Waals surface area (Å²) in [7, 11) is 0. The molecule has 0 bridgehead atoms. The molecule has 0 aromatic rings. The van der Waals surface area contributed by atoms with Gasteiger partial charge in [-0.1, -0.05) is 271 Å². The first-order chi connectivity index (χ1) is 21.3. The van der Waals surface area contributed by atoms with Gasteiger partial charge in [-0.2, -0.15) is 0 Å². The Balaban J connectivity index is 3.40. The minimum Gasteiger partial charge on any atom is -0.0654 e. The Morgan fingerprint density at radius 2 is 0.349 bits per heavy atom. The van der Waals surface area contributed by atoms with Crippen LogP contribution in [0.1, 0.15) is 271 Å². The summed E-state index contributed by atoms with van der Waals surface area (Å²) in [4.78, 5) is 0. The van der Waals surface area contributed by atoms with Gasteiger partial charge in [0.2, 0.25) is 0 Å². The molecule has 1 unspecified atom stereocenters. The third kappa shape index (κ3) is 38.1. The number of hydrogen-bond donors (Lipinski definition) is 0. The zero-order valence-corrected chi connectivity index (χ0v) is 31.2. The van der Waals surface area contributed by atoms with E-state index in [1.165, 1.54) is 250 Å². The van der Waals surface area contributed by atoms with Gasteiger partial charge in [0.15, 0.2) is 0 Å². The predicted molar refractivity (Wildman–Crippen MR) is 201 cm³/mol. The van der Waals surface area contributed by atoms with Crippen molar-refractivity contribution < 1.29 is 0 Å². The van der Waals surface area contributed by atoms with Crippen molar-refractivity contribution in [3.8, 4) is 0 Å². The summed E-state index contributed by atoms with van der Waals surface area (Å²) in [5.41, 5.74) is 0. The van der Waals surface area contributed by atoms with E-state index in [1.54, 1.807) is 0 Å². The fraction of sp³-hybridized carbons (Fsp3) is 1.00. The first-order valence-electron chi connectivity index (χ1n) is 21.3. The highest BCUT2D eigenvalue weighted by atomic mass is 14.1. The molecule has 0 aliphatic rings. The maximum absolute atomic E-state index is 2.38. The van der Waals surface area contributed by atoms with E-state index < -0.39 is 0 Å². The molecule has 1 atom stereocenters. The zero-order valence-electron chi connectivity index (χ0n) is 31.2. The Morgan fingerprint density at radius 3 is 0.558 bits per heavy atom. The highest BCUT2D eigenvalue weighted by Gasteiger charge is 2.08. The molecule has 0 aromatic heterocycles. The lowest BCUT2D eigenvalue weighted by Crippen LogP contribution is -2.01. The number of unbranched alkanes of at least 4 members (excludes halogenated alkanes) is 33. The Labute approximate surface area is 276 Å². The van der Waals surface area contributed by atoms with Crippen LogP contribution in [-0.4, -0.2) is 0 Å². The molecule has 0 saturated heterocycles. The van der Waals surface area contributed by atoms with Gasteiger partial charge in [0.1, 0.15) is 0 Å². The van der Waals surface area contributed by atoms with Gasteiger partial charge in [-0.15, -0.1) is 0 Å². The van der Waals surface area contributed by atoms with Gasteiger partial charge in [-0.05, 0) is 5.92 Å². The van der Waals surface area contributed by atoms with Crippen LogP contribution in [0.5, 0.6) is 0 Å². The van der Waals surface area contributed by atoms with Crippen LogP contribution in [0.3, 0.4) is 0 Å². The molecule has 0 N–H and O–H groups in total. The Bertz CT molecular complexity index is 453. The molecule has 0 fully saturated rings. The molecule has 0 rings (SSSR count). The van der Waals surface area contributed by atoms with Crippen molar-refractivity contribution in [2.24, 2.45) is 5.92 Å². The predicted octanol–water partition coefficient (Wildman–Crippen LogP) is 16.9. The second kappa shape index (κ2) is 40.0. The van der Waals surface area contributed by atoms with Gasteiger partial charge in [-0.3, -0.25) is 0 Å². The average molecular weight is 605 g/mol. The summed E-state index contributed by atoms with van der Waals surface area (Å²) >= 11 is 0. The van der Waals surface area contributed by atoms with Crippen LogP contribution in [0.2, 0.25) is 0 Å². The summed E-state index contributed by atoms with van der Waals surface area (Å²) in [6.45, 7) is 7.00. The SMILES string of the molecule is CCCCCCCCCCCCCCCCCCCCCCCC(CCCC)CCCCCCCCCCCCCCC. The van der Waals surface area contributed by atoms with Crippen molar-refractivity contribution >= 4 is 0 Å². The van der Waals surface area contributed by atoms with Crippen molar-refractivity contribution in [3.63, 3.8) is 0 Å². The second-order valence-corrected chi connectivity index (χ2v) is 14.9. The van der Waals surface area contributed by atoms with Gasteiger partial charge in [-0.25, -0.2) is 0 Å². The number of hydrogen-bond acceptors (Lipinski definition) is 0. The zero-order chi connectivity index (χ0) is 31.2. The summed E-state index contributed by atoms with van der Waals surface area (Å²) in [6, 6.07) is 0. The van der Waals surface area contributed by atoms with Crippen LogP contribution in [0.25, 0.3) is 0 Å². The molecule has 43 heavy (non-hydrogen) atoms. The van der Waals surface area contributed by atoms with Crippen molar-refractivity contribution in [2.75, 3.05) is 0 Å². The van der Waals surface area contributed by atoms with Crippen LogP contribution in [-0.2, 0) is 0 Å². The minimum atomic E-state index is 1.04. The van der Waals surface area contributed by atoms with Crippen LogP contribution >= 0.6 is 0 Å². The highest BCUT2D eigenvalue weighted by Crippen LogP contribution is 2.24. The van der Waals surface area contributed by atoms with Crippen molar-refractivity contribution in [1.29, 1.82) is 0 Å². The molecule has 0 amide bonds. The van der Waals surface area contributed by atoms with Gasteiger partial charge in [0.05, 0.1) is 0 Å². The van der Waals surface area contributed by atoms with Gasteiger partial charge in [0, 0.05) is 0 Å². The first kappa shape index (κ1) is 43.0. The van der Waals surface area contributed by atoms with E-state index in [0.717, 1.165) is 5.92 Å². The van der Waals surface area contributed by atoms with Crippen LogP contribution in [0.4, 0.5) is 0 Å². The van der Waals surface area contributed by atoms with E-state index in [0.29, 0.717) is 0 Å². The molecule has 260 valence electrons. The lowest BCUT2D eigenvalue weighted by molar-refractivity contribution is 0.370. The molecule has 0 aliphatic carbocycles. The van der Waals surface area contributed by atoms with E-state index in [9.17, 15) is 0 Å². The fourth-order valence-corrected chi connectivity index (χ4v) is 7.24. The van der Waals surface area contributed by atoms with Crippen LogP contribution in [0, 0.1) is 5.92 Å². The van der Waals surface area contributed by atoms with Crippen molar-refractivity contribution in [1.82, 2.24) is 0 Å². The summed E-state index contributed by atoms with van der Waals surface area (Å²) in [5.74, 6) is 1.04. The minimum absolute atomic E-state index is 1.04. The smallest absolute Gasteiger partial charge is 0.0414 e. The standard InChI is InChI=1S/C43H88/c1-4-7-10-12-14-16-18-20-21-22-23-24-25-26-27-29-31-33-35-37-39-42-43(40-9-6-3)41-38-36-34-32-30-28-19-17-15-13-11-8-5-2/h43H,4-42H2,1-3H3. The molecule has 0 aromatic carbocycles. The molecule has 0 heterocycles. The largest absolute Gasteiger partial charge is 0.0654 e. The molecule has 0 nitrogen and oxygen atoms in total. The topological polar surface area (TPSA) is 0 Å². The molecule has 0 saturated carbocycles. The lowest BCUT2D eigenvalue weighted by Gasteiger charge is -2.16. The summed E-state index contributed by atoms with van der Waals surface area (Å²) < 4.78 is 0. The normalized spacial score (nSPS) is 12.3. The molecule has 0 aliphatic heterocycles. The molecule has 0 radical (unpaired) electrons. The average Bonchev–Trinajstić information content (AvgIpc) is 3.02. The molecular formula is C43H88.